The number of benzene rings is 2. The Morgan fingerprint density at radius 2 is 1.62 bits per heavy atom. The summed E-state index contributed by atoms with van der Waals surface area (Å²) in [6, 6.07) is 22.1. The van der Waals surface area contributed by atoms with E-state index in [0.29, 0.717) is 5.69 Å². The van der Waals surface area contributed by atoms with Gasteiger partial charge < -0.3 is 4.74 Å². The van der Waals surface area contributed by atoms with Gasteiger partial charge in [0, 0.05) is 6.20 Å². The lowest BCUT2D eigenvalue weighted by atomic mass is 10.2. The highest BCUT2D eigenvalue weighted by Crippen LogP contribution is 2.20. The van der Waals surface area contributed by atoms with E-state index in [1.807, 2.05) is 54.6 Å². The lowest BCUT2D eigenvalue weighted by Gasteiger charge is -2.05. The van der Waals surface area contributed by atoms with Crippen molar-refractivity contribution < 1.29 is 9.53 Å². The fraction of sp³-hybridized carbons (Fsp3) is 0. The minimum atomic E-state index is -0.351. The maximum atomic E-state index is 11.8. The fourth-order valence-corrected chi connectivity index (χ4v) is 1.97. The average Bonchev–Trinajstić information content (AvgIpc) is 2.65. The van der Waals surface area contributed by atoms with E-state index in [1.165, 1.54) is 0 Å². The van der Waals surface area contributed by atoms with Gasteiger partial charge in [0.05, 0.1) is 6.21 Å². The van der Waals surface area contributed by atoms with E-state index in [2.05, 4.69) is 15.5 Å². The van der Waals surface area contributed by atoms with Crippen LogP contribution >= 0.6 is 0 Å². The van der Waals surface area contributed by atoms with Gasteiger partial charge in [0.25, 0.3) is 5.91 Å². The third-order valence-corrected chi connectivity index (χ3v) is 3.14. The number of para-hydroxylation sites is 1. The number of carbonyl (C=O) groups excluding carboxylic acids is 1. The molecule has 1 aromatic heterocycles. The highest BCUT2D eigenvalue weighted by molar-refractivity contribution is 5.93. The number of aromatic nitrogens is 1. The van der Waals surface area contributed by atoms with Crippen molar-refractivity contribution in [3.05, 3.63) is 90.3 Å². The number of hydrogen-bond donors (Lipinski definition) is 1. The van der Waals surface area contributed by atoms with Crippen molar-refractivity contribution in [2.24, 2.45) is 5.10 Å². The minimum Gasteiger partial charge on any atom is -0.457 e. The third kappa shape index (κ3) is 4.27. The Labute approximate surface area is 139 Å². The van der Waals surface area contributed by atoms with Crippen molar-refractivity contribution in [3.63, 3.8) is 0 Å². The molecule has 0 aliphatic heterocycles. The van der Waals surface area contributed by atoms with Crippen molar-refractivity contribution in [3.8, 4) is 11.5 Å². The molecule has 0 aliphatic rings. The molecule has 0 saturated heterocycles. The highest BCUT2D eigenvalue weighted by atomic mass is 16.5. The second kappa shape index (κ2) is 7.69. The summed E-state index contributed by atoms with van der Waals surface area (Å²) in [7, 11) is 0. The maximum Gasteiger partial charge on any atom is 0.289 e. The molecule has 24 heavy (non-hydrogen) atoms. The lowest BCUT2D eigenvalue weighted by molar-refractivity contribution is 0.0950. The Morgan fingerprint density at radius 1 is 0.917 bits per heavy atom. The molecule has 1 amide bonds. The predicted molar refractivity (Wildman–Crippen MR) is 92.3 cm³/mol. The number of hydrazone groups is 1. The molecular weight excluding hydrogens is 302 g/mol. The van der Waals surface area contributed by atoms with Crippen LogP contribution in [0.2, 0.25) is 0 Å². The number of hydrogen-bond acceptors (Lipinski definition) is 4. The van der Waals surface area contributed by atoms with Gasteiger partial charge in [-0.1, -0.05) is 24.3 Å². The molecule has 0 fully saturated rings. The lowest BCUT2D eigenvalue weighted by Crippen LogP contribution is -2.18. The second-order valence-corrected chi connectivity index (χ2v) is 4.90. The zero-order valence-electron chi connectivity index (χ0n) is 12.8. The summed E-state index contributed by atoms with van der Waals surface area (Å²) in [6.07, 6.45) is 3.12. The van der Waals surface area contributed by atoms with Crippen molar-refractivity contribution in [2.75, 3.05) is 0 Å². The molecule has 0 radical (unpaired) electrons. The van der Waals surface area contributed by atoms with Gasteiger partial charge in [0.2, 0.25) is 0 Å². The summed E-state index contributed by atoms with van der Waals surface area (Å²) < 4.78 is 5.71. The molecule has 0 saturated carbocycles. The quantitative estimate of drug-likeness (QED) is 0.577. The maximum absolute atomic E-state index is 11.8. The van der Waals surface area contributed by atoms with Gasteiger partial charge >= 0.3 is 0 Å². The van der Waals surface area contributed by atoms with Crippen LogP contribution in [0, 0.1) is 0 Å². The number of nitrogens with one attached hydrogen (secondary N) is 1. The van der Waals surface area contributed by atoms with E-state index >= 15 is 0 Å². The first-order chi connectivity index (χ1) is 11.8. The van der Waals surface area contributed by atoms with E-state index in [1.54, 1.807) is 30.6 Å². The number of nitrogens with zero attached hydrogens (tertiary/aromatic N) is 2. The van der Waals surface area contributed by atoms with Gasteiger partial charge in [-0.3, -0.25) is 9.78 Å². The zero-order chi connectivity index (χ0) is 16.6. The van der Waals surface area contributed by atoms with E-state index in [0.717, 1.165) is 17.1 Å². The molecule has 2 aromatic carbocycles. The summed E-state index contributed by atoms with van der Waals surface area (Å²) in [6.45, 7) is 0. The summed E-state index contributed by atoms with van der Waals surface area (Å²) >= 11 is 0. The first-order valence-electron chi connectivity index (χ1n) is 7.39. The Morgan fingerprint density at radius 3 is 2.33 bits per heavy atom. The van der Waals surface area contributed by atoms with Crippen LogP contribution in [0.5, 0.6) is 11.5 Å². The van der Waals surface area contributed by atoms with Gasteiger partial charge in [-0.05, 0) is 54.1 Å². The summed E-state index contributed by atoms with van der Waals surface area (Å²) in [5.74, 6) is 1.16. The Balaban J connectivity index is 1.57. The van der Waals surface area contributed by atoms with Gasteiger partial charge in [-0.2, -0.15) is 5.10 Å². The molecule has 118 valence electrons. The largest absolute Gasteiger partial charge is 0.457 e. The van der Waals surface area contributed by atoms with Gasteiger partial charge in [0.1, 0.15) is 17.2 Å². The SMILES string of the molecule is O=C(NN=Cc1ccc(Oc2ccccc2)cc1)c1ccccn1. The predicted octanol–water partition coefficient (Wildman–Crippen LogP) is 3.64. The monoisotopic (exact) mass is 317 g/mol. The molecule has 3 aromatic rings. The first kappa shape index (κ1) is 15.4. The fourth-order valence-electron chi connectivity index (χ4n) is 1.97. The normalized spacial score (nSPS) is 10.5. The van der Waals surface area contributed by atoms with Crippen molar-refractivity contribution in [1.29, 1.82) is 0 Å². The topological polar surface area (TPSA) is 63.6 Å². The van der Waals surface area contributed by atoms with Crippen molar-refractivity contribution in [1.82, 2.24) is 10.4 Å². The van der Waals surface area contributed by atoms with Gasteiger partial charge in [-0.25, -0.2) is 5.43 Å². The highest BCUT2D eigenvalue weighted by Gasteiger charge is 2.03. The van der Waals surface area contributed by atoms with Crippen LogP contribution in [-0.4, -0.2) is 17.1 Å². The minimum absolute atomic E-state index is 0.321. The standard InChI is InChI=1S/C19H15N3O2/c23-19(18-8-4-5-13-20-18)22-21-14-15-9-11-17(12-10-15)24-16-6-2-1-3-7-16/h1-14H,(H,22,23). The van der Waals surface area contributed by atoms with Crippen LogP contribution in [0.4, 0.5) is 0 Å². The van der Waals surface area contributed by atoms with E-state index < -0.39 is 0 Å². The number of amides is 1. The molecule has 0 atom stereocenters. The molecule has 1 N–H and O–H groups in total. The van der Waals surface area contributed by atoms with Crippen LogP contribution < -0.4 is 10.2 Å². The van der Waals surface area contributed by atoms with Crippen LogP contribution in [0.3, 0.4) is 0 Å². The van der Waals surface area contributed by atoms with Crippen LogP contribution in [0.25, 0.3) is 0 Å². The first-order valence-corrected chi connectivity index (χ1v) is 7.39. The Hall–Kier alpha value is -3.47. The van der Waals surface area contributed by atoms with Crippen molar-refractivity contribution >= 4 is 12.1 Å². The Bertz CT molecular complexity index is 816. The van der Waals surface area contributed by atoms with Crippen LogP contribution in [-0.2, 0) is 0 Å². The van der Waals surface area contributed by atoms with Crippen LogP contribution in [0.15, 0.2) is 84.1 Å². The number of ether oxygens (including phenoxy) is 1. The van der Waals surface area contributed by atoms with Gasteiger partial charge in [0.15, 0.2) is 0 Å². The summed E-state index contributed by atoms with van der Waals surface area (Å²) in [5.41, 5.74) is 3.60. The summed E-state index contributed by atoms with van der Waals surface area (Å²) in [5, 5.41) is 3.93. The van der Waals surface area contributed by atoms with Crippen molar-refractivity contribution in [2.45, 2.75) is 0 Å². The number of carbonyl (C=O) groups is 1. The van der Waals surface area contributed by atoms with E-state index in [4.69, 9.17) is 4.74 Å². The van der Waals surface area contributed by atoms with Gasteiger partial charge in [-0.15, -0.1) is 0 Å². The number of pyridine rings is 1. The average molecular weight is 317 g/mol. The van der Waals surface area contributed by atoms with E-state index in [-0.39, 0.29) is 5.91 Å². The smallest absolute Gasteiger partial charge is 0.289 e. The molecule has 1 heterocycles. The van der Waals surface area contributed by atoms with Crippen LogP contribution in [0.1, 0.15) is 16.1 Å². The molecule has 0 bridgehead atoms. The molecule has 5 nitrogen and oxygen atoms in total. The third-order valence-electron chi connectivity index (χ3n) is 3.14. The van der Waals surface area contributed by atoms with E-state index in [9.17, 15) is 4.79 Å². The second-order valence-electron chi connectivity index (χ2n) is 4.90. The summed E-state index contributed by atoms with van der Waals surface area (Å²) in [4.78, 5) is 15.7. The Kier molecular flexibility index (Phi) is 4.94. The molecule has 0 unspecified atom stereocenters. The molecule has 0 aliphatic carbocycles. The zero-order valence-corrected chi connectivity index (χ0v) is 12.8. The molecular formula is C19H15N3O2. The molecule has 0 spiro atoms. The number of rotatable bonds is 5. The molecule has 5 heteroatoms. The molecule has 3 rings (SSSR count).